The number of nitrogens with zero attached hydrogens (tertiary/aromatic N) is 2. The van der Waals surface area contributed by atoms with Crippen molar-refractivity contribution in [3.8, 4) is 0 Å². The molecule has 0 fully saturated rings. The molecule has 1 aliphatic rings. The molecule has 0 radical (unpaired) electrons. The predicted molar refractivity (Wildman–Crippen MR) is 61.6 cm³/mol. The van der Waals surface area contributed by atoms with Crippen molar-refractivity contribution < 1.29 is 0 Å². The van der Waals surface area contributed by atoms with Gasteiger partial charge in [0.1, 0.15) is 0 Å². The Kier molecular flexibility index (Phi) is 2.38. The van der Waals surface area contributed by atoms with Gasteiger partial charge in [0.2, 0.25) is 0 Å². The minimum atomic E-state index is 0.704. The van der Waals surface area contributed by atoms with Gasteiger partial charge in [0.15, 0.2) is 0 Å². The molecular weight excluding hydrogens is 196 g/mol. The molecule has 2 nitrogen and oxygen atoms in total. The van der Waals surface area contributed by atoms with E-state index in [1.165, 1.54) is 0 Å². The van der Waals surface area contributed by atoms with Crippen molar-refractivity contribution in [3.05, 3.63) is 23.2 Å². The van der Waals surface area contributed by atoms with E-state index in [1.807, 2.05) is 32.0 Å². The highest BCUT2D eigenvalue weighted by Crippen LogP contribution is 2.33. The third-order valence-corrected chi connectivity index (χ3v) is 2.31. The summed E-state index contributed by atoms with van der Waals surface area (Å²) in [6, 6.07) is 5.60. The van der Waals surface area contributed by atoms with Gasteiger partial charge in [-0.05, 0) is 32.0 Å². The molecule has 2 rings (SSSR count). The number of aliphatic imine (C=N–C) groups is 2. The molecule has 72 valence electrons. The van der Waals surface area contributed by atoms with Gasteiger partial charge in [-0.2, -0.15) is 0 Å². The van der Waals surface area contributed by atoms with Crippen LogP contribution in [0.1, 0.15) is 20.3 Å². The summed E-state index contributed by atoms with van der Waals surface area (Å²) in [4.78, 5) is 8.94. The first-order valence-corrected chi connectivity index (χ1v) is 4.91. The van der Waals surface area contributed by atoms with Crippen LogP contribution in [-0.4, -0.2) is 11.4 Å². The first-order chi connectivity index (χ1) is 6.65. The van der Waals surface area contributed by atoms with E-state index in [4.69, 9.17) is 11.6 Å². The van der Waals surface area contributed by atoms with Crippen LogP contribution in [0.15, 0.2) is 28.2 Å². The molecule has 0 spiro atoms. The molecule has 0 saturated heterocycles. The average molecular weight is 207 g/mol. The molecule has 14 heavy (non-hydrogen) atoms. The van der Waals surface area contributed by atoms with Gasteiger partial charge in [-0.1, -0.05) is 11.6 Å². The van der Waals surface area contributed by atoms with Crippen molar-refractivity contribution in [2.24, 2.45) is 9.98 Å². The molecule has 1 aromatic carbocycles. The van der Waals surface area contributed by atoms with E-state index in [1.54, 1.807) is 0 Å². The van der Waals surface area contributed by atoms with E-state index in [9.17, 15) is 0 Å². The Balaban J connectivity index is 2.61. The lowest BCUT2D eigenvalue weighted by Crippen LogP contribution is -1.97. The van der Waals surface area contributed by atoms with E-state index in [2.05, 4.69) is 9.98 Å². The quantitative estimate of drug-likeness (QED) is 0.615. The summed E-state index contributed by atoms with van der Waals surface area (Å²) in [7, 11) is 0. The molecule has 0 aliphatic carbocycles. The highest BCUT2D eigenvalue weighted by atomic mass is 35.5. The molecule has 0 bridgehead atoms. The van der Waals surface area contributed by atoms with Crippen molar-refractivity contribution in [2.45, 2.75) is 20.3 Å². The van der Waals surface area contributed by atoms with Gasteiger partial charge in [-0.25, -0.2) is 0 Å². The second kappa shape index (κ2) is 3.54. The molecule has 0 unspecified atom stereocenters. The van der Waals surface area contributed by atoms with Crippen LogP contribution >= 0.6 is 11.6 Å². The Morgan fingerprint density at radius 3 is 2.43 bits per heavy atom. The van der Waals surface area contributed by atoms with Gasteiger partial charge in [-0.3, -0.25) is 9.98 Å². The highest BCUT2D eigenvalue weighted by molar-refractivity contribution is 6.31. The Bertz CT molecular complexity index is 433. The lowest BCUT2D eigenvalue weighted by atomic mass is 10.2. The number of benzene rings is 1. The van der Waals surface area contributed by atoms with E-state index in [0.29, 0.717) is 5.02 Å². The zero-order valence-electron chi connectivity index (χ0n) is 8.21. The highest BCUT2D eigenvalue weighted by Gasteiger charge is 2.07. The summed E-state index contributed by atoms with van der Waals surface area (Å²) in [6.45, 7) is 4.03. The Morgan fingerprint density at radius 2 is 1.71 bits per heavy atom. The fourth-order valence-electron chi connectivity index (χ4n) is 1.54. The van der Waals surface area contributed by atoms with Crippen molar-refractivity contribution >= 4 is 34.4 Å². The van der Waals surface area contributed by atoms with Crippen LogP contribution in [0.5, 0.6) is 0 Å². The summed E-state index contributed by atoms with van der Waals surface area (Å²) in [5, 5.41) is 0.704. The lowest BCUT2D eigenvalue weighted by Gasteiger charge is -1.99. The van der Waals surface area contributed by atoms with Gasteiger partial charge in [0.25, 0.3) is 0 Å². The first-order valence-electron chi connectivity index (χ1n) is 4.53. The van der Waals surface area contributed by atoms with Crippen LogP contribution in [0.3, 0.4) is 0 Å². The van der Waals surface area contributed by atoms with Gasteiger partial charge >= 0.3 is 0 Å². The van der Waals surface area contributed by atoms with Crippen molar-refractivity contribution in [1.82, 2.24) is 0 Å². The third kappa shape index (κ3) is 1.85. The van der Waals surface area contributed by atoms with Crippen LogP contribution in [0.2, 0.25) is 5.02 Å². The monoisotopic (exact) mass is 206 g/mol. The van der Waals surface area contributed by atoms with E-state index in [0.717, 1.165) is 29.2 Å². The fraction of sp³-hybridized carbons (Fsp3) is 0.273. The molecule has 0 amide bonds. The van der Waals surface area contributed by atoms with Crippen LogP contribution < -0.4 is 0 Å². The molecule has 1 aliphatic heterocycles. The standard InChI is InChI=1S/C11H11ClN2/c1-7-5-8(2)14-11-6-9(12)3-4-10(11)13-7/h3-4,6H,5H2,1-2H3. The maximum atomic E-state index is 5.90. The second-order valence-corrected chi connectivity index (χ2v) is 3.94. The molecular formula is C11H11ClN2. The number of fused-ring (bicyclic) bond motifs is 1. The van der Waals surface area contributed by atoms with E-state index in [-0.39, 0.29) is 0 Å². The van der Waals surface area contributed by atoms with Crippen molar-refractivity contribution in [2.75, 3.05) is 0 Å². The Labute approximate surface area is 88.3 Å². The van der Waals surface area contributed by atoms with Crippen molar-refractivity contribution in [3.63, 3.8) is 0 Å². The minimum Gasteiger partial charge on any atom is -0.255 e. The third-order valence-electron chi connectivity index (χ3n) is 2.07. The maximum absolute atomic E-state index is 5.90. The molecule has 0 aromatic heterocycles. The molecule has 0 atom stereocenters. The van der Waals surface area contributed by atoms with Gasteiger partial charge in [-0.15, -0.1) is 0 Å². The zero-order valence-corrected chi connectivity index (χ0v) is 8.97. The van der Waals surface area contributed by atoms with Crippen molar-refractivity contribution in [1.29, 1.82) is 0 Å². The number of hydrogen-bond acceptors (Lipinski definition) is 2. The molecule has 3 heteroatoms. The van der Waals surface area contributed by atoms with Crippen LogP contribution in [0, 0.1) is 0 Å². The van der Waals surface area contributed by atoms with Gasteiger partial charge < -0.3 is 0 Å². The zero-order chi connectivity index (χ0) is 10.1. The topological polar surface area (TPSA) is 24.7 Å². The van der Waals surface area contributed by atoms with Crippen LogP contribution in [-0.2, 0) is 0 Å². The van der Waals surface area contributed by atoms with Crippen LogP contribution in [0.25, 0.3) is 0 Å². The summed E-state index contributed by atoms with van der Waals surface area (Å²) < 4.78 is 0. The number of hydrogen-bond donors (Lipinski definition) is 0. The van der Waals surface area contributed by atoms with E-state index < -0.39 is 0 Å². The Hall–Kier alpha value is -1.15. The lowest BCUT2D eigenvalue weighted by molar-refractivity contribution is 1.44. The summed E-state index contributed by atoms with van der Waals surface area (Å²) in [6.07, 6.45) is 0.840. The second-order valence-electron chi connectivity index (χ2n) is 3.50. The molecule has 1 heterocycles. The fourth-order valence-corrected chi connectivity index (χ4v) is 1.71. The molecule has 0 N–H and O–H groups in total. The Morgan fingerprint density at radius 1 is 1.07 bits per heavy atom. The summed E-state index contributed by atoms with van der Waals surface area (Å²) >= 11 is 5.90. The largest absolute Gasteiger partial charge is 0.255 e. The van der Waals surface area contributed by atoms with Gasteiger partial charge in [0.05, 0.1) is 11.4 Å². The molecule has 1 aromatic rings. The summed E-state index contributed by atoms with van der Waals surface area (Å²) in [5.41, 5.74) is 3.94. The normalized spacial score (nSPS) is 15.4. The van der Waals surface area contributed by atoms with Gasteiger partial charge in [0, 0.05) is 22.9 Å². The van der Waals surface area contributed by atoms with E-state index >= 15 is 0 Å². The number of rotatable bonds is 0. The number of halogens is 1. The average Bonchev–Trinajstić information content (AvgIpc) is 2.21. The smallest absolute Gasteiger partial charge is 0.0900 e. The summed E-state index contributed by atoms with van der Waals surface area (Å²) in [5.74, 6) is 0. The minimum absolute atomic E-state index is 0.704. The SMILES string of the molecule is CC1=Nc2ccc(Cl)cc2N=C(C)C1. The maximum Gasteiger partial charge on any atom is 0.0900 e. The first kappa shape index (κ1) is 9.41. The molecule has 0 saturated carbocycles. The predicted octanol–water partition coefficient (Wildman–Crippen LogP) is 3.93. The van der Waals surface area contributed by atoms with Crippen LogP contribution in [0.4, 0.5) is 11.4 Å².